The van der Waals surface area contributed by atoms with Crippen LogP contribution in [-0.4, -0.2) is 44.3 Å². The lowest BCUT2D eigenvalue weighted by Crippen LogP contribution is -2.53. The van der Waals surface area contributed by atoms with Crippen LogP contribution >= 0.6 is 11.6 Å². The summed E-state index contributed by atoms with van der Waals surface area (Å²) in [5, 5.41) is 3.48. The minimum Gasteiger partial charge on any atom is -0.457 e. The van der Waals surface area contributed by atoms with Crippen molar-refractivity contribution in [3.63, 3.8) is 0 Å². The number of rotatable bonds is 15. The number of carbonyl (C=O) groups is 2. The zero-order chi connectivity index (χ0) is 36.4. The number of nitrogens with zero attached hydrogens (tertiary/aromatic N) is 2. The molecule has 51 heavy (non-hydrogen) atoms. The number of hydrogen-bond donors (Lipinski definition) is 1. The van der Waals surface area contributed by atoms with Gasteiger partial charge in [-0.3, -0.25) is 13.9 Å². The second-order valence-corrected chi connectivity index (χ2v) is 15.0. The maximum absolute atomic E-state index is 14.7. The van der Waals surface area contributed by atoms with Gasteiger partial charge in [0.05, 0.1) is 10.6 Å². The van der Waals surface area contributed by atoms with Crippen LogP contribution in [0.25, 0.3) is 0 Å². The molecule has 0 saturated carbocycles. The highest BCUT2D eigenvalue weighted by atomic mass is 35.5. The molecule has 5 aromatic carbocycles. The maximum Gasteiger partial charge on any atom is 0.264 e. The third kappa shape index (κ3) is 10.2. The number of carbonyl (C=O) groups excluding carboxylic acids is 2. The van der Waals surface area contributed by atoms with Crippen LogP contribution in [0.1, 0.15) is 30.5 Å². The van der Waals surface area contributed by atoms with Gasteiger partial charge in [0.15, 0.2) is 0 Å². The van der Waals surface area contributed by atoms with Gasteiger partial charge in [0.1, 0.15) is 24.1 Å². The molecule has 0 spiro atoms. The van der Waals surface area contributed by atoms with Crippen LogP contribution in [0.3, 0.4) is 0 Å². The van der Waals surface area contributed by atoms with E-state index in [-0.39, 0.29) is 35.4 Å². The molecule has 10 heteroatoms. The molecule has 5 rings (SSSR count). The van der Waals surface area contributed by atoms with Gasteiger partial charge < -0.3 is 15.0 Å². The zero-order valence-corrected chi connectivity index (χ0v) is 30.5. The lowest BCUT2D eigenvalue weighted by molar-refractivity contribution is -0.140. The minimum atomic E-state index is -4.25. The third-order valence-electron chi connectivity index (χ3n) is 8.19. The van der Waals surface area contributed by atoms with E-state index in [0.29, 0.717) is 28.6 Å². The molecule has 0 radical (unpaired) electrons. The van der Waals surface area contributed by atoms with Gasteiger partial charge in [-0.05, 0) is 84.6 Å². The Bertz CT molecular complexity index is 2010. The predicted molar refractivity (Wildman–Crippen MR) is 202 cm³/mol. The van der Waals surface area contributed by atoms with E-state index in [4.69, 9.17) is 16.3 Å². The fourth-order valence-corrected chi connectivity index (χ4v) is 7.11. The number of benzene rings is 5. The molecule has 8 nitrogen and oxygen atoms in total. The standard InChI is InChI=1S/C41H42ClN3O5S/c1-30(2)27-43-41(47)39(26-32-11-6-4-7-12-32)44(28-33-13-10-14-34(42)25-33)40(46)29-45(51(48,49)38-23-17-31(3)18-24-38)35-19-21-37(22-20-35)50-36-15-8-5-9-16-36/h4-25,30,39H,26-29H2,1-3H3,(H,43,47)/t39-/m1/s1. The second-order valence-electron chi connectivity index (χ2n) is 12.7. The van der Waals surface area contributed by atoms with Gasteiger partial charge in [-0.15, -0.1) is 0 Å². The Morgan fingerprint density at radius 2 is 1.37 bits per heavy atom. The quantitative estimate of drug-likeness (QED) is 0.118. The third-order valence-corrected chi connectivity index (χ3v) is 10.2. The number of nitrogens with one attached hydrogen (secondary N) is 1. The molecular weight excluding hydrogens is 682 g/mol. The predicted octanol–water partition coefficient (Wildman–Crippen LogP) is 8.05. The highest BCUT2D eigenvalue weighted by molar-refractivity contribution is 7.92. The van der Waals surface area contributed by atoms with E-state index in [1.165, 1.54) is 17.0 Å². The Morgan fingerprint density at radius 3 is 2.00 bits per heavy atom. The average Bonchev–Trinajstić information content (AvgIpc) is 3.12. The number of amides is 2. The molecule has 0 aromatic heterocycles. The Labute approximate surface area is 305 Å². The van der Waals surface area contributed by atoms with Gasteiger partial charge in [-0.1, -0.05) is 104 Å². The first-order valence-electron chi connectivity index (χ1n) is 16.8. The minimum absolute atomic E-state index is 0.0221. The summed E-state index contributed by atoms with van der Waals surface area (Å²) in [5.41, 5.74) is 2.70. The number of halogens is 1. The summed E-state index contributed by atoms with van der Waals surface area (Å²) in [4.78, 5) is 30.2. The average molecular weight is 724 g/mol. The molecule has 0 saturated heterocycles. The van der Waals surface area contributed by atoms with Crippen LogP contribution < -0.4 is 14.4 Å². The summed E-state index contributed by atoms with van der Waals surface area (Å²) in [5.74, 6) is 0.402. The first-order valence-corrected chi connectivity index (χ1v) is 18.6. The van der Waals surface area contributed by atoms with Crippen LogP contribution in [0.5, 0.6) is 11.5 Å². The number of para-hydroxylation sites is 1. The zero-order valence-electron chi connectivity index (χ0n) is 28.9. The fourth-order valence-electron chi connectivity index (χ4n) is 5.48. The Balaban J connectivity index is 1.56. The van der Waals surface area contributed by atoms with Crippen LogP contribution in [0.2, 0.25) is 5.02 Å². The first kappa shape index (κ1) is 37.1. The second kappa shape index (κ2) is 17.2. The molecule has 0 aliphatic carbocycles. The number of ether oxygens (including phenoxy) is 1. The lowest BCUT2D eigenvalue weighted by atomic mass is 10.0. The normalized spacial score (nSPS) is 11.9. The molecule has 2 amide bonds. The van der Waals surface area contributed by atoms with Crippen molar-refractivity contribution in [1.82, 2.24) is 10.2 Å². The van der Waals surface area contributed by atoms with Gasteiger partial charge in [0, 0.05) is 24.5 Å². The molecule has 0 aliphatic rings. The maximum atomic E-state index is 14.7. The molecule has 0 bridgehead atoms. The van der Waals surface area contributed by atoms with Crippen molar-refractivity contribution in [3.8, 4) is 11.5 Å². The summed E-state index contributed by atoms with van der Waals surface area (Å²) in [6.45, 7) is 5.71. The van der Waals surface area contributed by atoms with Crippen molar-refractivity contribution in [2.24, 2.45) is 5.92 Å². The van der Waals surface area contributed by atoms with Gasteiger partial charge in [0.2, 0.25) is 11.8 Å². The SMILES string of the molecule is Cc1ccc(S(=O)(=O)N(CC(=O)N(Cc2cccc(Cl)c2)[C@H](Cc2ccccc2)C(=O)NCC(C)C)c2ccc(Oc3ccccc3)cc2)cc1. The van der Waals surface area contributed by atoms with Crippen LogP contribution in [0, 0.1) is 12.8 Å². The Morgan fingerprint density at radius 1 is 0.765 bits per heavy atom. The summed E-state index contributed by atoms with van der Waals surface area (Å²) in [6, 6.07) is 37.8. The van der Waals surface area contributed by atoms with E-state index in [0.717, 1.165) is 15.4 Å². The molecule has 0 fully saturated rings. The van der Waals surface area contributed by atoms with E-state index in [9.17, 15) is 18.0 Å². The molecule has 0 unspecified atom stereocenters. The summed E-state index contributed by atoms with van der Waals surface area (Å²) in [7, 11) is -4.25. The lowest BCUT2D eigenvalue weighted by Gasteiger charge is -2.34. The summed E-state index contributed by atoms with van der Waals surface area (Å²) < 4.78 is 35.8. The van der Waals surface area contributed by atoms with E-state index >= 15 is 0 Å². The Kier molecular flexibility index (Phi) is 12.5. The topological polar surface area (TPSA) is 96.0 Å². The van der Waals surface area contributed by atoms with Crippen molar-refractivity contribution in [3.05, 3.63) is 155 Å². The number of aryl methyl sites for hydroxylation is 1. The molecular formula is C41H42ClN3O5S. The monoisotopic (exact) mass is 723 g/mol. The summed E-state index contributed by atoms with van der Waals surface area (Å²) in [6.07, 6.45) is 0.216. The van der Waals surface area contributed by atoms with E-state index in [1.807, 2.05) is 87.5 Å². The largest absolute Gasteiger partial charge is 0.457 e. The number of hydrogen-bond acceptors (Lipinski definition) is 5. The highest BCUT2D eigenvalue weighted by Crippen LogP contribution is 2.29. The van der Waals surface area contributed by atoms with Crippen molar-refractivity contribution >= 4 is 39.1 Å². The van der Waals surface area contributed by atoms with Crippen molar-refractivity contribution in [1.29, 1.82) is 0 Å². The fraction of sp³-hybridized carbons (Fsp3) is 0.220. The van der Waals surface area contributed by atoms with Crippen LogP contribution in [0.15, 0.2) is 138 Å². The van der Waals surface area contributed by atoms with Gasteiger partial charge in [-0.2, -0.15) is 0 Å². The number of sulfonamides is 1. The van der Waals surface area contributed by atoms with Crippen molar-refractivity contribution < 1.29 is 22.7 Å². The molecule has 0 heterocycles. The summed E-state index contributed by atoms with van der Waals surface area (Å²) >= 11 is 6.35. The molecule has 264 valence electrons. The van der Waals surface area contributed by atoms with E-state index in [2.05, 4.69) is 5.32 Å². The molecule has 1 N–H and O–H groups in total. The Hall–Kier alpha value is -5.12. The molecule has 5 aromatic rings. The van der Waals surface area contributed by atoms with Crippen LogP contribution in [0.4, 0.5) is 5.69 Å². The molecule has 0 aliphatic heterocycles. The molecule has 1 atom stereocenters. The van der Waals surface area contributed by atoms with Gasteiger partial charge in [0.25, 0.3) is 10.0 Å². The number of anilines is 1. The van der Waals surface area contributed by atoms with Crippen LogP contribution in [-0.2, 0) is 32.6 Å². The first-order chi connectivity index (χ1) is 24.5. The highest BCUT2D eigenvalue weighted by Gasteiger charge is 2.34. The van der Waals surface area contributed by atoms with Crippen molar-refractivity contribution in [2.75, 3.05) is 17.4 Å². The van der Waals surface area contributed by atoms with E-state index in [1.54, 1.807) is 54.6 Å². The smallest absolute Gasteiger partial charge is 0.264 e. The van der Waals surface area contributed by atoms with Crippen molar-refractivity contribution in [2.45, 2.75) is 44.7 Å². The van der Waals surface area contributed by atoms with Gasteiger partial charge >= 0.3 is 0 Å². The van der Waals surface area contributed by atoms with Gasteiger partial charge in [-0.25, -0.2) is 8.42 Å². The van der Waals surface area contributed by atoms with E-state index < -0.39 is 28.5 Å².